The first-order valence-electron chi connectivity index (χ1n) is 11.1. The van der Waals surface area contributed by atoms with Crippen LogP contribution in [0.3, 0.4) is 0 Å². The number of carbonyl (C=O) groups is 2. The normalized spacial score (nSPS) is 19.1. The number of anilines is 1. The summed E-state index contributed by atoms with van der Waals surface area (Å²) < 4.78 is 4.80. The monoisotopic (exact) mass is 467 g/mol. The van der Waals surface area contributed by atoms with E-state index >= 15 is 0 Å². The van der Waals surface area contributed by atoms with E-state index in [9.17, 15) is 14.4 Å². The number of methoxy groups -OCH3 is 1. The third-order valence-electron chi connectivity index (χ3n) is 5.92. The molecular weight excluding hydrogens is 438 g/mol. The molecule has 0 saturated carbocycles. The minimum absolute atomic E-state index is 0.0269. The lowest BCUT2D eigenvalue weighted by atomic mass is 9.69. The zero-order valence-corrected chi connectivity index (χ0v) is 20.4. The first-order valence-corrected chi connectivity index (χ1v) is 12.1. The first kappa shape index (κ1) is 23.3. The summed E-state index contributed by atoms with van der Waals surface area (Å²) in [6.07, 6.45) is 1.10. The van der Waals surface area contributed by atoms with Crippen molar-refractivity contribution in [2.45, 2.75) is 51.6 Å². The molecule has 0 bridgehead atoms. The van der Waals surface area contributed by atoms with E-state index in [4.69, 9.17) is 9.72 Å². The van der Waals surface area contributed by atoms with Crippen molar-refractivity contribution in [1.82, 2.24) is 9.97 Å². The standard InChI is InChI=1S/C25H29N3O4S/c1-13(2)12-33-24-27-21-20(22(30)28-24)18(14-6-8-15(9-7-14)23(31)32-5)19-16(26-21)10-25(3,4)11-17(19)29/h6-9,13,18H,10-12H2,1-5H3,(H2,26,27,28,30). The summed E-state index contributed by atoms with van der Waals surface area (Å²) in [6.45, 7) is 8.37. The maximum atomic E-state index is 13.3. The molecule has 1 aromatic heterocycles. The van der Waals surface area contributed by atoms with E-state index in [0.717, 1.165) is 17.0 Å². The van der Waals surface area contributed by atoms with Crippen LogP contribution in [0.5, 0.6) is 0 Å². The third-order valence-corrected chi connectivity index (χ3v) is 7.22. The number of Topliss-reactive ketones (excluding diaryl/α,β-unsaturated/α-hetero) is 1. The van der Waals surface area contributed by atoms with Crippen LogP contribution in [0, 0.1) is 11.3 Å². The fourth-order valence-electron chi connectivity index (χ4n) is 4.47. The Bertz CT molecular complexity index is 1200. The van der Waals surface area contributed by atoms with Gasteiger partial charge in [0.15, 0.2) is 10.9 Å². The van der Waals surface area contributed by atoms with Gasteiger partial charge in [0.1, 0.15) is 5.82 Å². The number of carbonyl (C=O) groups excluding carboxylic acids is 2. The van der Waals surface area contributed by atoms with E-state index < -0.39 is 11.9 Å². The highest BCUT2D eigenvalue weighted by Crippen LogP contribution is 2.47. The largest absolute Gasteiger partial charge is 0.465 e. The molecule has 1 aliphatic heterocycles. The van der Waals surface area contributed by atoms with Crippen LogP contribution in [-0.4, -0.2) is 34.6 Å². The van der Waals surface area contributed by atoms with Crippen molar-refractivity contribution >= 4 is 29.3 Å². The van der Waals surface area contributed by atoms with Gasteiger partial charge in [-0.3, -0.25) is 9.59 Å². The smallest absolute Gasteiger partial charge is 0.337 e. The molecule has 0 fully saturated rings. The van der Waals surface area contributed by atoms with Gasteiger partial charge in [-0.05, 0) is 35.4 Å². The van der Waals surface area contributed by atoms with Crippen molar-refractivity contribution in [3.8, 4) is 0 Å². The summed E-state index contributed by atoms with van der Waals surface area (Å²) in [6, 6.07) is 6.89. The molecule has 1 aromatic carbocycles. The molecule has 0 amide bonds. The summed E-state index contributed by atoms with van der Waals surface area (Å²) in [5.41, 5.74) is 2.60. The van der Waals surface area contributed by atoms with Crippen molar-refractivity contribution in [3.63, 3.8) is 0 Å². The molecular formula is C25H29N3O4S. The maximum Gasteiger partial charge on any atom is 0.337 e. The number of benzene rings is 1. The number of nitrogens with one attached hydrogen (secondary N) is 2. The Balaban J connectivity index is 1.85. The predicted molar refractivity (Wildman–Crippen MR) is 129 cm³/mol. The summed E-state index contributed by atoms with van der Waals surface area (Å²) >= 11 is 1.51. The zero-order valence-electron chi connectivity index (χ0n) is 19.6. The Morgan fingerprint density at radius 1 is 1.21 bits per heavy atom. The summed E-state index contributed by atoms with van der Waals surface area (Å²) in [4.78, 5) is 46.1. The second-order valence-electron chi connectivity index (χ2n) is 9.84. The number of H-pyrrole nitrogens is 1. The molecule has 33 heavy (non-hydrogen) atoms. The van der Waals surface area contributed by atoms with Crippen LogP contribution >= 0.6 is 11.8 Å². The number of hydrogen-bond acceptors (Lipinski definition) is 7. The van der Waals surface area contributed by atoms with Crippen LogP contribution in [0.4, 0.5) is 5.82 Å². The van der Waals surface area contributed by atoms with Crippen LogP contribution in [0.1, 0.15) is 67.9 Å². The van der Waals surface area contributed by atoms with E-state index in [-0.39, 0.29) is 16.8 Å². The number of allylic oxidation sites excluding steroid dienone is 2. The number of thioether (sulfide) groups is 1. The minimum atomic E-state index is -0.549. The molecule has 2 N–H and O–H groups in total. The molecule has 4 rings (SSSR count). The number of fused-ring (bicyclic) bond motifs is 1. The lowest BCUT2D eigenvalue weighted by molar-refractivity contribution is -0.118. The minimum Gasteiger partial charge on any atom is -0.465 e. The van der Waals surface area contributed by atoms with E-state index in [1.807, 2.05) is 0 Å². The van der Waals surface area contributed by atoms with E-state index in [1.54, 1.807) is 24.3 Å². The number of aromatic amines is 1. The second kappa shape index (κ2) is 8.82. The molecule has 1 aliphatic carbocycles. The van der Waals surface area contributed by atoms with Crippen LogP contribution in [-0.2, 0) is 9.53 Å². The topological polar surface area (TPSA) is 101 Å². The molecule has 7 nitrogen and oxygen atoms in total. The predicted octanol–water partition coefficient (Wildman–Crippen LogP) is 4.51. The van der Waals surface area contributed by atoms with Crippen LogP contribution in [0.15, 0.2) is 45.5 Å². The van der Waals surface area contributed by atoms with Gasteiger partial charge in [0.25, 0.3) is 5.56 Å². The lowest BCUT2D eigenvalue weighted by Gasteiger charge is -2.38. The lowest BCUT2D eigenvalue weighted by Crippen LogP contribution is -2.37. The van der Waals surface area contributed by atoms with E-state index in [1.165, 1.54) is 18.9 Å². The van der Waals surface area contributed by atoms with E-state index in [0.29, 0.717) is 46.4 Å². The molecule has 174 valence electrons. The Morgan fingerprint density at radius 3 is 2.55 bits per heavy atom. The molecule has 1 unspecified atom stereocenters. The number of esters is 1. The van der Waals surface area contributed by atoms with Gasteiger partial charge in [-0.15, -0.1) is 0 Å². The summed E-state index contributed by atoms with van der Waals surface area (Å²) in [5, 5.41) is 3.89. The van der Waals surface area contributed by atoms with Crippen LogP contribution < -0.4 is 10.9 Å². The number of ether oxygens (including phenoxy) is 1. The highest BCUT2D eigenvalue weighted by Gasteiger charge is 2.42. The zero-order chi connectivity index (χ0) is 23.9. The van der Waals surface area contributed by atoms with Crippen molar-refractivity contribution in [2.24, 2.45) is 11.3 Å². The van der Waals surface area contributed by atoms with Crippen molar-refractivity contribution in [3.05, 3.63) is 62.6 Å². The molecule has 8 heteroatoms. The highest BCUT2D eigenvalue weighted by molar-refractivity contribution is 7.99. The quantitative estimate of drug-likeness (QED) is 0.379. The Hall–Kier alpha value is -2.87. The Kier molecular flexibility index (Phi) is 6.22. The molecule has 2 aromatic rings. The van der Waals surface area contributed by atoms with Gasteiger partial charge in [0.2, 0.25) is 0 Å². The Morgan fingerprint density at radius 2 is 1.91 bits per heavy atom. The van der Waals surface area contributed by atoms with Gasteiger partial charge in [-0.1, -0.05) is 51.6 Å². The van der Waals surface area contributed by atoms with Gasteiger partial charge in [-0.2, -0.15) is 0 Å². The van der Waals surface area contributed by atoms with E-state index in [2.05, 4.69) is 38.0 Å². The average molecular weight is 468 g/mol. The SMILES string of the molecule is COC(=O)c1ccc(C2C3=C(CC(C)(C)CC3=O)Nc3nc(SCC(C)C)[nH]c(=O)c32)cc1. The maximum absolute atomic E-state index is 13.3. The number of hydrogen-bond donors (Lipinski definition) is 2. The molecule has 0 radical (unpaired) electrons. The average Bonchev–Trinajstić information content (AvgIpc) is 2.75. The number of ketones is 1. The highest BCUT2D eigenvalue weighted by atomic mass is 32.2. The fraction of sp³-hybridized carbons (Fsp3) is 0.440. The van der Waals surface area contributed by atoms with Gasteiger partial charge in [0, 0.05) is 29.4 Å². The molecule has 0 spiro atoms. The molecule has 2 aliphatic rings. The summed E-state index contributed by atoms with van der Waals surface area (Å²) in [5.74, 6) is 0.826. The Labute approximate surface area is 197 Å². The van der Waals surface area contributed by atoms with Gasteiger partial charge in [0.05, 0.1) is 18.2 Å². The molecule has 0 saturated heterocycles. The molecule has 1 atom stereocenters. The number of nitrogens with zero attached hydrogens (tertiary/aromatic N) is 1. The fourth-order valence-corrected chi connectivity index (χ4v) is 5.28. The van der Waals surface area contributed by atoms with Crippen molar-refractivity contribution < 1.29 is 14.3 Å². The number of rotatable bonds is 5. The van der Waals surface area contributed by atoms with Crippen LogP contribution in [0.2, 0.25) is 0 Å². The van der Waals surface area contributed by atoms with Gasteiger partial charge in [-0.25, -0.2) is 9.78 Å². The van der Waals surface area contributed by atoms with Gasteiger partial charge >= 0.3 is 5.97 Å². The second-order valence-corrected chi connectivity index (χ2v) is 10.9. The number of aromatic nitrogens is 2. The van der Waals surface area contributed by atoms with Crippen molar-refractivity contribution in [1.29, 1.82) is 0 Å². The molecule has 2 heterocycles. The van der Waals surface area contributed by atoms with Gasteiger partial charge < -0.3 is 15.0 Å². The summed E-state index contributed by atoms with van der Waals surface area (Å²) in [7, 11) is 1.33. The van der Waals surface area contributed by atoms with Crippen molar-refractivity contribution in [2.75, 3.05) is 18.2 Å². The van der Waals surface area contributed by atoms with Crippen LogP contribution in [0.25, 0.3) is 0 Å². The first-order chi connectivity index (χ1) is 15.6. The third kappa shape index (κ3) is 4.62.